The summed E-state index contributed by atoms with van der Waals surface area (Å²) in [6.45, 7) is 1.01. The number of hydrogen-bond donors (Lipinski definition) is 3. The van der Waals surface area contributed by atoms with Crippen LogP contribution in [0.15, 0.2) is 47.4 Å². The predicted octanol–water partition coefficient (Wildman–Crippen LogP) is 3.36. The van der Waals surface area contributed by atoms with Gasteiger partial charge in [0.15, 0.2) is 0 Å². The molecule has 2 aromatic rings. The summed E-state index contributed by atoms with van der Waals surface area (Å²) in [5.41, 5.74) is 3.38. The van der Waals surface area contributed by atoms with Gasteiger partial charge in [-0.25, -0.2) is 8.42 Å². The molecule has 1 aromatic carbocycles. The van der Waals surface area contributed by atoms with Crippen molar-refractivity contribution in [2.24, 2.45) is 0 Å². The fraction of sp³-hybridized carbons (Fsp3) is 0.455. The van der Waals surface area contributed by atoms with Crippen LogP contribution in [0.3, 0.4) is 0 Å². The lowest BCUT2D eigenvalue weighted by molar-refractivity contribution is -0.139. The normalized spacial score (nSPS) is 14.5. The Morgan fingerprint density at radius 3 is 2.63 bits per heavy atom. The van der Waals surface area contributed by atoms with Crippen LogP contribution in [-0.2, 0) is 27.7 Å². The van der Waals surface area contributed by atoms with Gasteiger partial charge in [0, 0.05) is 12.2 Å². The Kier molecular flexibility index (Phi) is 7.81. The molecule has 0 saturated heterocycles. The molecule has 7 nitrogen and oxygen atoms in total. The third kappa shape index (κ3) is 6.27. The topological polar surface area (TPSA) is 108 Å². The van der Waals surface area contributed by atoms with Crippen molar-refractivity contribution in [3.05, 3.63) is 53.9 Å². The molecule has 0 amide bonds. The molecule has 0 saturated carbocycles. The Hall–Kier alpha value is -2.45. The highest BCUT2D eigenvalue weighted by Gasteiger charge is 2.24. The summed E-state index contributed by atoms with van der Waals surface area (Å²) in [4.78, 5) is 16.3. The number of carbonyl (C=O) groups is 1. The number of unbranched alkanes of at least 4 members (excludes halogenated alkanes) is 3. The average Bonchev–Trinajstić information content (AvgIpc) is 2.75. The first-order valence-electron chi connectivity index (χ1n) is 10.5. The SMILES string of the molecule is O=C(O)C(CCCCCCc1ccc2c(n1)CCCN2)NS(=O)(=O)c1ccccc1. The van der Waals surface area contributed by atoms with Gasteiger partial charge in [-0.1, -0.05) is 37.5 Å². The third-order valence-electron chi connectivity index (χ3n) is 5.26. The number of benzene rings is 1. The quantitative estimate of drug-likeness (QED) is 0.471. The number of aliphatic carboxylic acids is 1. The second-order valence-corrected chi connectivity index (χ2v) is 9.32. The monoisotopic (exact) mass is 431 g/mol. The summed E-state index contributed by atoms with van der Waals surface area (Å²) >= 11 is 0. The molecule has 1 aliphatic rings. The Balaban J connectivity index is 1.40. The number of carboxylic acids is 1. The molecule has 3 rings (SSSR count). The largest absolute Gasteiger partial charge is 0.480 e. The van der Waals surface area contributed by atoms with Crippen molar-refractivity contribution < 1.29 is 18.3 Å². The van der Waals surface area contributed by atoms with Crippen molar-refractivity contribution in [1.82, 2.24) is 9.71 Å². The Bertz CT molecular complexity index is 948. The minimum atomic E-state index is -3.84. The third-order valence-corrected chi connectivity index (χ3v) is 6.75. The molecule has 3 N–H and O–H groups in total. The van der Waals surface area contributed by atoms with E-state index in [1.165, 1.54) is 12.1 Å². The minimum Gasteiger partial charge on any atom is -0.480 e. The van der Waals surface area contributed by atoms with Crippen molar-refractivity contribution in [2.75, 3.05) is 11.9 Å². The maximum absolute atomic E-state index is 12.4. The van der Waals surface area contributed by atoms with Crippen molar-refractivity contribution in [1.29, 1.82) is 0 Å². The van der Waals surface area contributed by atoms with Crippen LogP contribution in [0.25, 0.3) is 0 Å². The van der Waals surface area contributed by atoms with Crippen LogP contribution in [-0.4, -0.2) is 37.1 Å². The van der Waals surface area contributed by atoms with E-state index in [4.69, 9.17) is 4.98 Å². The lowest BCUT2D eigenvalue weighted by atomic mass is 10.0. The molecular formula is C22H29N3O4S. The number of hydrogen-bond acceptors (Lipinski definition) is 5. The van der Waals surface area contributed by atoms with E-state index in [0.717, 1.165) is 62.1 Å². The molecule has 0 aliphatic carbocycles. The van der Waals surface area contributed by atoms with Gasteiger partial charge < -0.3 is 10.4 Å². The van der Waals surface area contributed by atoms with E-state index >= 15 is 0 Å². The van der Waals surface area contributed by atoms with Gasteiger partial charge in [0.25, 0.3) is 0 Å². The smallest absolute Gasteiger partial charge is 0.321 e. The van der Waals surface area contributed by atoms with Crippen LogP contribution in [0, 0.1) is 0 Å². The van der Waals surface area contributed by atoms with Crippen LogP contribution in [0.4, 0.5) is 5.69 Å². The summed E-state index contributed by atoms with van der Waals surface area (Å²) in [7, 11) is -3.84. The van der Waals surface area contributed by atoms with Gasteiger partial charge >= 0.3 is 5.97 Å². The van der Waals surface area contributed by atoms with E-state index in [1.807, 2.05) is 0 Å². The van der Waals surface area contributed by atoms with Gasteiger partial charge in [0.1, 0.15) is 6.04 Å². The highest BCUT2D eigenvalue weighted by molar-refractivity contribution is 7.89. The molecule has 0 bridgehead atoms. The fourth-order valence-corrected chi connectivity index (χ4v) is 4.86. The van der Waals surface area contributed by atoms with Crippen molar-refractivity contribution in [3.8, 4) is 0 Å². The maximum Gasteiger partial charge on any atom is 0.321 e. The van der Waals surface area contributed by atoms with Crippen LogP contribution in [0.5, 0.6) is 0 Å². The zero-order valence-electron chi connectivity index (χ0n) is 17.0. The van der Waals surface area contributed by atoms with E-state index < -0.39 is 22.0 Å². The number of sulfonamides is 1. The Labute approximate surface area is 178 Å². The van der Waals surface area contributed by atoms with Gasteiger partial charge in [-0.3, -0.25) is 9.78 Å². The number of fused-ring (bicyclic) bond motifs is 1. The fourth-order valence-electron chi connectivity index (χ4n) is 3.61. The summed E-state index contributed by atoms with van der Waals surface area (Å²) in [6.07, 6.45) is 6.73. The molecule has 30 heavy (non-hydrogen) atoms. The second-order valence-electron chi connectivity index (χ2n) is 7.61. The molecule has 1 aromatic heterocycles. The Morgan fingerprint density at radius 2 is 1.87 bits per heavy atom. The number of aromatic nitrogens is 1. The van der Waals surface area contributed by atoms with Crippen molar-refractivity contribution in [2.45, 2.75) is 62.3 Å². The van der Waals surface area contributed by atoms with Gasteiger partial charge in [-0.15, -0.1) is 0 Å². The van der Waals surface area contributed by atoms with Crippen molar-refractivity contribution >= 4 is 21.7 Å². The first-order valence-corrected chi connectivity index (χ1v) is 12.0. The molecule has 1 aliphatic heterocycles. The van der Waals surface area contributed by atoms with E-state index in [1.54, 1.807) is 18.2 Å². The van der Waals surface area contributed by atoms with Crippen LogP contribution >= 0.6 is 0 Å². The lowest BCUT2D eigenvalue weighted by Crippen LogP contribution is -2.40. The Morgan fingerprint density at radius 1 is 1.10 bits per heavy atom. The van der Waals surface area contributed by atoms with Gasteiger partial charge in [-0.2, -0.15) is 4.72 Å². The zero-order valence-corrected chi connectivity index (χ0v) is 17.8. The number of aryl methyl sites for hydroxylation is 2. The molecule has 0 radical (unpaired) electrons. The number of nitrogens with one attached hydrogen (secondary N) is 2. The summed E-state index contributed by atoms with van der Waals surface area (Å²) < 4.78 is 27.0. The highest BCUT2D eigenvalue weighted by atomic mass is 32.2. The molecule has 1 unspecified atom stereocenters. The molecule has 1 atom stereocenters. The first-order chi connectivity index (χ1) is 14.5. The average molecular weight is 432 g/mol. The molecule has 8 heteroatoms. The van der Waals surface area contributed by atoms with Crippen LogP contribution < -0.4 is 10.0 Å². The molecule has 0 spiro atoms. The summed E-state index contributed by atoms with van der Waals surface area (Å²) in [5.74, 6) is -1.15. The minimum absolute atomic E-state index is 0.0731. The zero-order chi connectivity index (χ0) is 21.4. The maximum atomic E-state index is 12.4. The number of pyridine rings is 1. The highest BCUT2D eigenvalue weighted by Crippen LogP contribution is 2.21. The second kappa shape index (κ2) is 10.5. The lowest BCUT2D eigenvalue weighted by Gasteiger charge is -2.17. The van der Waals surface area contributed by atoms with Crippen LogP contribution in [0.1, 0.15) is 49.9 Å². The van der Waals surface area contributed by atoms with E-state index in [-0.39, 0.29) is 11.3 Å². The van der Waals surface area contributed by atoms with E-state index in [9.17, 15) is 18.3 Å². The van der Waals surface area contributed by atoms with E-state index in [0.29, 0.717) is 6.42 Å². The summed E-state index contributed by atoms with van der Waals surface area (Å²) in [6, 6.07) is 10.9. The number of carboxylic acid groups (broad SMARTS) is 1. The molecule has 162 valence electrons. The van der Waals surface area contributed by atoms with Gasteiger partial charge in [-0.05, 0) is 56.4 Å². The van der Waals surface area contributed by atoms with Crippen molar-refractivity contribution in [3.63, 3.8) is 0 Å². The predicted molar refractivity (Wildman–Crippen MR) is 116 cm³/mol. The standard InChI is InChI=1S/C22H29N3O4S/c26-22(27)21(25-30(28,29)18-10-5-3-6-11-18)12-7-2-1-4-9-17-14-15-19-20(24-17)13-8-16-23-19/h3,5-6,10-11,14-15,21,23,25H,1-2,4,7-9,12-13,16H2,(H,26,27). The number of anilines is 1. The molecular weight excluding hydrogens is 402 g/mol. The molecule has 0 fully saturated rings. The molecule has 2 heterocycles. The van der Waals surface area contributed by atoms with Crippen LogP contribution in [0.2, 0.25) is 0 Å². The van der Waals surface area contributed by atoms with Gasteiger partial charge in [0.2, 0.25) is 10.0 Å². The summed E-state index contributed by atoms with van der Waals surface area (Å²) in [5, 5.41) is 12.8. The number of rotatable bonds is 11. The number of nitrogens with zero attached hydrogens (tertiary/aromatic N) is 1. The van der Waals surface area contributed by atoms with E-state index in [2.05, 4.69) is 22.2 Å². The van der Waals surface area contributed by atoms with Gasteiger partial charge in [0.05, 0.1) is 16.3 Å². The first kappa shape index (κ1) is 22.2.